The average Bonchev–Trinajstić information content (AvgIpc) is 4.11. The minimum Gasteiger partial charge on any atom is -0.329 e. The number of carbonyl (C=O) groups excluding carboxylic acids is 2. The van der Waals surface area contributed by atoms with Gasteiger partial charge in [-0.3, -0.25) is 33.8 Å². The molecule has 0 unspecified atom stereocenters. The Balaban J connectivity index is 0.000000159. The predicted molar refractivity (Wildman–Crippen MR) is 274 cm³/mol. The van der Waals surface area contributed by atoms with Gasteiger partial charge in [-0.1, -0.05) is 133 Å². The van der Waals surface area contributed by atoms with Crippen LogP contribution in [0.2, 0.25) is 0 Å². The quantitative estimate of drug-likeness (QED) is 0.125. The van der Waals surface area contributed by atoms with Crippen LogP contribution in [0.25, 0.3) is 89.1 Å². The zero-order chi connectivity index (χ0) is 47.4. The van der Waals surface area contributed by atoms with Crippen molar-refractivity contribution < 1.29 is 9.59 Å². The second-order valence-corrected chi connectivity index (χ2v) is 16.7. The smallest absolute Gasteiger partial charge is 0.261 e. The first-order chi connectivity index (χ1) is 34.5. The van der Waals surface area contributed by atoms with Gasteiger partial charge >= 0.3 is 0 Å². The molecule has 7 heterocycles. The maximum Gasteiger partial charge on any atom is 0.261 e. The molecule has 0 aliphatic carbocycles. The molecule has 2 amide bonds. The number of carbonyl (C=O) groups is 2. The molecule has 338 valence electrons. The first kappa shape index (κ1) is 43.3. The number of nitrogens with zero attached hydrogens (tertiary/aromatic N) is 9. The van der Waals surface area contributed by atoms with E-state index in [1.165, 1.54) is 4.90 Å². The molecule has 0 saturated heterocycles. The maximum atomic E-state index is 12.9. The predicted octanol–water partition coefficient (Wildman–Crippen LogP) is 10.9. The van der Waals surface area contributed by atoms with Gasteiger partial charge in [0, 0.05) is 94.4 Å². The van der Waals surface area contributed by atoms with Crippen molar-refractivity contribution in [2.24, 2.45) is 5.73 Å². The highest BCUT2D eigenvalue weighted by molar-refractivity contribution is 6.21. The van der Waals surface area contributed by atoms with E-state index in [9.17, 15) is 9.59 Å². The molecule has 0 spiro atoms. The van der Waals surface area contributed by atoms with Crippen LogP contribution in [0, 0.1) is 0 Å². The van der Waals surface area contributed by atoms with Crippen molar-refractivity contribution in [3.63, 3.8) is 0 Å². The molecule has 6 aromatic heterocycles. The Morgan fingerprint density at radius 3 is 1.14 bits per heavy atom. The van der Waals surface area contributed by atoms with Gasteiger partial charge in [-0.15, -0.1) is 0 Å². The number of hydrogen-bond donors (Lipinski definition) is 1. The molecule has 0 atom stereocenters. The summed E-state index contributed by atoms with van der Waals surface area (Å²) in [6.45, 7) is 1.73. The molecule has 1 aliphatic rings. The number of rotatable bonds is 11. The van der Waals surface area contributed by atoms with Crippen molar-refractivity contribution in [1.29, 1.82) is 0 Å². The van der Waals surface area contributed by atoms with E-state index in [0.29, 0.717) is 36.4 Å². The molecule has 12 rings (SSSR count). The lowest BCUT2D eigenvalue weighted by atomic mass is 9.90. The lowest BCUT2D eigenvalue weighted by Gasteiger charge is -2.16. The fraction of sp³-hybridized carbons (Fsp3) is 0.0690. The standard InChI is InChI=1S/C33H23N5O2.C25H21N5/c39-32-25-13-7-8-14-26(25)33(40)38(32)20-19-37-21-27-28(22-9-3-1-4-10-22)29(23-15-17-34-18-16-23)30(35-31(27)36-37)24-11-5-2-6-12-24;26-13-16-30-17-21-22(18-7-3-1-4-8-18)23(19-11-14-27-15-12-19)24(28-25(21)29-30)20-9-5-2-6-10-20/h1-18,21H,19-20H2;1-12,14-15,17H,13,16,26H2. The van der Waals surface area contributed by atoms with E-state index in [1.54, 1.807) is 41.3 Å². The first-order valence-corrected chi connectivity index (χ1v) is 23.0. The van der Waals surface area contributed by atoms with Crippen LogP contribution in [0.3, 0.4) is 0 Å². The molecule has 2 N–H and O–H groups in total. The SMILES string of the molecule is NCCn1cc2c(-c3ccccc3)c(-c3ccncc3)c(-c3ccccc3)nc2n1.O=C1c2ccccc2C(=O)N1CCn1cc2c(-c3ccccc3)c(-c3ccncc3)c(-c3ccccc3)nc2n1. The molecule has 0 radical (unpaired) electrons. The van der Waals surface area contributed by atoms with Gasteiger partial charge in [0.15, 0.2) is 11.3 Å². The van der Waals surface area contributed by atoms with Gasteiger partial charge in [0.05, 0.1) is 35.6 Å². The van der Waals surface area contributed by atoms with Crippen LogP contribution in [-0.4, -0.2) is 69.3 Å². The molecule has 0 fully saturated rings. The first-order valence-electron chi connectivity index (χ1n) is 23.0. The summed E-state index contributed by atoms with van der Waals surface area (Å²) in [6.07, 6.45) is 11.2. The Kier molecular flexibility index (Phi) is 11.9. The van der Waals surface area contributed by atoms with Gasteiger partial charge in [0.1, 0.15) is 0 Å². The van der Waals surface area contributed by atoms with Gasteiger partial charge < -0.3 is 5.73 Å². The Bertz CT molecular complexity index is 3610. The lowest BCUT2D eigenvalue weighted by Crippen LogP contribution is -2.33. The zero-order valence-electron chi connectivity index (χ0n) is 37.9. The number of hydrogen-bond acceptors (Lipinski definition) is 9. The largest absolute Gasteiger partial charge is 0.329 e. The third-order valence-electron chi connectivity index (χ3n) is 12.4. The zero-order valence-corrected chi connectivity index (χ0v) is 37.9. The summed E-state index contributed by atoms with van der Waals surface area (Å²) in [5, 5.41) is 11.5. The highest BCUT2D eigenvalue weighted by atomic mass is 16.2. The molecule has 70 heavy (non-hydrogen) atoms. The van der Waals surface area contributed by atoms with E-state index in [4.69, 9.17) is 25.9 Å². The Morgan fingerprint density at radius 1 is 0.386 bits per heavy atom. The third kappa shape index (κ3) is 8.29. The average molecular weight is 913 g/mol. The molecule has 12 nitrogen and oxygen atoms in total. The Morgan fingerprint density at radius 2 is 0.743 bits per heavy atom. The van der Waals surface area contributed by atoms with E-state index in [1.807, 2.05) is 120 Å². The van der Waals surface area contributed by atoms with Crippen molar-refractivity contribution in [3.8, 4) is 67.0 Å². The number of aromatic nitrogens is 8. The van der Waals surface area contributed by atoms with Gasteiger partial charge in [0.2, 0.25) is 0 Å². The molecular formula is C58H44N10O2. The number of amides is 2. The molecule has 1 aliphatic heterocycles. The van der Waals surface area contributed by atoms with Gasteiger partial charge in [-0.2, -0.15) is 10.2 Å². The number of fused-ring (bicyclic) bond motifs is 3. The number of imide groups is 1. The summed E-state index contributed by atoms with van der Waals surface area (Å²) in [4.78, 5) is 45.6. The van der Waals surface area contributed by atoms with Crippen LogP contribution < -0.4 is 5.73 Å². The summed E-state index contributed by atoms with van der Waals surface area (Å²) in [7, 11) is 0. The van der Waals surface area contributed by atoms with Crippen molar-refractivity contribution in [1.82, 2.24) is 44.4 Å². The second-order valence-electron chi connectivity index (χ2n) is 16.7. The van der Waals surface area contributed by atoms with E-state index in [0.717, 1.165) is 83.4 Å². The minimum absolute atomic E-state index is 0.212. The summed E-state index contributed by atoms with van der Waals surface area (Å²) in [5.74, 6) is -0.543. The van der Waals surface area contributed by atoms with Gasteiger partial charge in [0.25, 0.3) is 11.8 Å². The Hall–Kier alpha value is -9.26. The van der Waals surface area contributed by atoms with Crippen molar-refractivity contribution >= 4 is 33.9 Å². The van der Waals surface area contributed by atoms with E-state index < -0.39 is 0 Å². The van der Waals surface area contributed by atoms with E-state index in [2.05, 4.69) is 64.7 Å². The van der Waals surface area contributed by atoms with Crippen LogP contribution in [0.4, 0.5) is 0 Å². The van der Waals surface area contributed by atoms with E-state index in [-0.39, 0.29) is 18.4 Å². The second kappa shape index (κ2) is 19.2. The van der Waals surface area contributed by atoms with Crippen LogP contribution in [-0.2, 0) is 13.1 Å². The fourth-order valence-corrected chi connectivity index (χ4v) is 9.19. The van der Waals surface area contributed by atoms with Crippen molar-refractivity contribution in [2.75, 3.05) is 13.1 Å². The van der Waals surface area contributed by atoms with Crippen LogP contribution >= 0.6 is 0 Å². The maximum absolute atomic E-state index is 12.9. The minimum atomic E-state index is -0.272. The summed E-state index contributed by atoms with van der Waals surface area (Å²) in [5.41, 5.74) is 20.2. The Labute approximate surface area is 403 Å². The fourth-order valence-electron chi connectivity index (χ4n) is 9.19. The summed E-state index contributed by atoms with van der Waals surface area (Å²) >= 11 is 0. The molecular weight excluding hydrogens is 869 g/mol. The number of nitrogens with two attached hydrogens (primary N) is 1. The molecule has 0 saturated carbocycles. The van der Waals surface area contributed by atoms with Gasteiger partial charge in [-0.25, -0.2) is 9.97 Å². The van der Waals surface area contributed by atoms with Crippen LogP contribution in [0.1, 0.15) is 20.7 Å². The van der Waals surface area contributed by atoms with Crippen LogP contribution in [0.5, 0.6) is 0 Å². The van der Waals surface area contributed by atoms with E-state index >= 15 is 0 Å². The number of benzene rings is 5. The summed E-state index contributed by atoms with van der Waals surface area (Å²) in [6, 6.07) is 56.0. The lowest BCUT2D eigenvalue weighted by molar-refractivity contribution is 0.0647. The number of pyridine rings is 4. The van der Waals surface area contributed by atoms with Crippen molar-refractivity contribution in [2.45, 2.75) is 13.1 Å². The molecule has 12 heteroatoms. The topological polar surface area (TPSA) is 151 Å². The van der Waals surface area contributed by atoms with Gasteiger partial charge in [-0.05, 0) is 58.7 Å². The van der Waals surface area contributed by atoms with Crippen molar-refractivity contribution in [3.05, 3.63) is 218 Å². The van der Waals surface area contributed by atoms with Crippen LogP contribution in [0.15, 0.2) is 207 Å². The molecule has 11 aromatic rings. The third-order valence-corrected chi connectivity index (χ3v) is 12.4. The monoisotopic (exact) mass is 912 g/mol. The normalized spacial score (nSPS) is 12.0. The highest BCUT2D eigenvalue weighted by Gasteiger charge is 2.35. The highest BCUT2D eigenvalue weighted by Crippen LogP contribution is 2.44. The molecule has 0 bridgehead atoms. The molecule has 5 aromatic carbocycles. The summed E-state index contributed by atoms with van der Waals surface area (Å²) < 4.78 is 3.66.